The molecule has 9 nitrogen and oxygen atoms in total. The number of nitrogens with one attached hydrogen (secondary N) is 2. The lowest BCUT2D eigenvalue weighted by molar-refractivity contribution is -0.115. The second kappa shape index (κ2) is 10.4. The van der Waals surface area contributed by atoms with Gasteiger partial charge in [-0.3, -0.25) is 14.2 Å². The molecule has 1 amide bonds. The third-order valence-corrected chi connectivity index (χ3v) is 7.92. The van der Waals surface area contributed by atoms with Crippen LogP contribution in [0.25, 0.3) is 10.9 Å². The van der Waals surface area contributed by atoms with Crippen molar-refractivity contribution < 1.29 is 17.9 Å². The van der Waals surface area contributed by atoms with Crippen molar-refractivity contribution in [2.45, 2.75) is 26.7 Å². The van der Waals surface area contributed by atoms with Crippen molar-refractivity contribution in [2.75, 3.05) is 48.2 Å². The van der Waals surface area contributed by atoms with E-state index in [1.807, 2.05) is 24.3 Å². The van der Waals surface area contributed by atoms with E-state index in [9.17, 15) is 13.2 Å². The molecule has 1 aliphatic rings. The van der Waals surface area contributed by atoms with E-state index in [0.29, 0.717) is 36.5 Å². The summed E-state index contributed by atoms with van der Waals surface area (Å²) in [6.45, 7) is 8.21. The van der Waals surface area contributed by atoms with Crippen molar-refractivity contribution in [3.05, 3.63) is 48.0 Å². The van der Waals surface area contributed by atoms with Crippen LogP contribution >= 0.6 is 0 Å². The molecule has 1 saturated heterocycles. The van der Waals surface area contributed by atoms with Crippen molar-refractivity contribution in [1.29, 1.82) is 0 Å². The molecule has 0 spiro atoms. The number of carbonyl (C=O) groups is 1. The average molecular weight is 486 g/mol. The summed E-state index contributed by atoms with van der Waals surface area (Å²) in [5, 5.41) is 10.6. The van der Waals surface area contributed by atoms with E-state index in [1.165, 1.54) is 4.31 Å². The van der Waals surface area contributed by atoms with Crippen LogP contribution in [0.2, 0.25) is 0 Å². The first-order valence-electron chi connectivity index (χ1n) is 11.6. The van der Waals surface area contributed by atoms with E-state index >= 15 is 0 Å². The van der Waals surface area contributed by atoms with Crippen molar-refractivity contribution in [3.63, 3.8) is 0 Å². The number of anilines is 2. The fourth-order valence-electron chi connectivity index (χ4n) is 4.08. The Balaban J connectivity index is 1.37. The van der Waals surface area contributed by atoms with Gasteiger partial charge in [-0.25, -0.2) is 8.42 Å². The number of aromatic amines is 1. The molecular formula is C24H31N5O4S. The average Bonchev–Trinajstić information content (AvgIpc) is 3.39. The number of aromatic nitrogens is 2. The minimum absolute atomic E-state index is 0.153. The predicted octanol–water partition coefficient (Wildman–Crippen LogP) is 3.00. The molecule has 2 N–H and O–H groups in total. The summed E-state index contributed by atoms with van der Waals surface area (Å²) in [6, 6.07) is 12.8. The molecule has 0 bridgehead atoms. The van der Waals surface area contributed by atoms with Gasteiger partial charge in [0.25, 0.3) is 0 Å². The molecule has 10 heteroatoms. The Morgan fingerprint density at radius 3 is 2.62 bits per heavy atom. The molecule has 0 aliphatic carbocycles. The summed E-state index contributed by atoms with van der Waals surface area (Å²) >= 11 is 0. The normalized spacial score (nSPS) is 15.2. The highest BCUT2D eigenvalue weighted by Gasteiger charge is 2.28. The first-order chi connectivity index (χ1) is 16.4. The van der Waals surface area contributed by atoms with E-state index < -0.39 is 10.0 Å². The fourth-order valence-corrected chi connectivity index (χ4v) is 5.64. The quantitative estimate of drug-likeness (QED) is 0.457. The number of amides is 1. The molecule has 0 radical (unpaired) electrons. The Bertz CT molecular complexity index is 1240. The van der Waals surface area contributed by atoms with Gasteiger partial charge in [0.2, 0.25) is 15.9 Å². The van der Waals surface area contributed by atoms with Gasteiger partial charge in [-0.1, -0.05) is 26.0 Å². The SMILES string of the molecule is CCN(CC)CCOc1ccc(CC(=O)Nc2n[nH]c3ccc(N4CCCS4(=O)=O)cc23)cc1. The van der Waals surface area contributed by atoms with Crippen molar-refractivity contribution in [1.82, 2.24) is 15.1 Å². The standard InChI is InChI=1S/C24H31N5O4S/c1-3-28(4-2)13-14-33-20-9-6-18(7-10-20)16-23(30)25-24-21-17-19(8-11-22(21)26-27-24)29-12-5-15-34(29,31)32/h6-11,17H,3-5,12-16H2,1-2H3,(H2,25,26,27,30). The molecule has 0 unspecified atom stereocenters. The maximum Gasteiger partial charge on any atom is 0.235 e. The van der Waals surface area contributed by atoms with Crippen molar-refractivity contribution in [2.24, 2.45) is 0 Å². The Kier molecular flexibility index (Phi) is 7.38. The van der Waals surface area contributed by atoms with E-state index in [1.54, 1.807) is 18.2 Å². The molecule has 2 aromatic carbocycles. The fraction of sp³-hybridized carbons (Fsp3) is 0.417. The molecule has 1 fully saturated rings. The third-order valence-electron chi connectivity index (χ3n) is 6.05. The minimum Gasteiger partial charge on any atom is -0.492 e. The number of likely N-dealkylation sites (N-methyl/N-ethyl adjacent to an activating group) is 1. The lowest BCUT2D eigenvalue weighted by atomic mass is 10.1. The van der Waals surface area contributed by atoms with Crippen LogP contribution in [0.15, 0.2) is 42.5 Å². The maximum absolute atomic E-state index is 12.7. The van der Waals surface area contributed by atoms with Crippen molar-refractivity contribution in [3.8, 4) is 5.75 Å². The number of sulfonamides is 1. The predicted molar refractivity (Wildman–Crippen MR) is 134 cm³/mol. The Labute approximate surface area is 200 Å². The van der Waals surface area contributed by atoms with Crippen molar-refractivity contribution >= 4 is 38.3 Å². The van der Waals surface area contributed by atoms with Gasteiger partial charge in [-0.05, 0) is 55.4 Å². The molecule has 4 rings (SSSR count). The van der Waals surface area contributed by atoms with Gasteiger partial charge in [-0.2, -0.15) is 5.10 Å². The lowest BCUT2D eigenvalue weighted by Crippen LogP contribution is -2.27. The molecule has 34 heavy (non-hydrogen) atoms. The summed E-state index contributed by atoms with van der Waals surface area (Å²) in [4.78, 5) is 15.0. The molecule has 1 aliphatic heterocycles. The van der Waals surface area contributed by atoms with Gasteiger partial charge < -0.3 is 15.0 Å². The number of hydrogen-bond acceptors (Lipinski definition) is 6. The Hall–Kier alpha value is -3.11. The molecule has 1 aromatic heterocycles. The summed E-state index contributed by atoms with van der Waals surface area (Å²) in [5.41, 5.74) is 2.16. The second-order valence-corrected chi connectivity index (χ2v) is 10.3. The largest absolute Gasteiger partial charge is 0.492 e. The number of rotatable bonds is 10. The van der Waals surface area contributed by atoms with Gasteiger partial charge in [0, 0.05) is 18.5 Å². The monoisotopic (exact) mass is 485 g/mol. The number of hydrogen-bond donors (Lipinski definition) is 2. The number of nitrogens with zero attached hydrogens (tertiary/aromatic N) is 3. The molecule has 3 aromatic rings. The first kappa shape index (κ1) is 24.0. The molecular weight excluding hydrogens is 454 g/mol. The Morgan fingerprint density at radius 1 is 1.18 bits per heavy atom. The molecule has 0 atom stereocenters. The molecule has 0 saturated carbocycles. The lowest BCUT2D eigenvalue weighted by Gasteiger charge is -2.18. The summed E-state index contributed by atoms with van der Waals surface area (Å²) in [7, 11) is -3.28. The van der Waals surface area contributed by atoms with Crippen LogP contribution < -0.4 is 14.4 Å². The highest BCUT2D eigenvalue weighted by Crippen LogP contribution is 2.30. The summed E-state index contributed by atoms with van der Waals surface area (Å²) < 4.78 is 31.7. The smallest absolute Gasteiger partial charge is 0.235 e. The van der Waals surface area contributed by atoms with Crippen LogP contribution in [0.1, 0.15) is 25.8 Å². The molecule has 182 valence electrons. The van der Waals surface area contributed by atoms with Crippen LogP contribution in [0.5, 0.6) is 5.75 Å². The minimum atomic E-state index is -3.28. The van der Waals surface area contributed by atoms with E-state index in [-0.39, 0.29) is 18.1 Å². The number of H-pyrrole nitrogens is 1. The van der Waals surface area contributed by atoms with E-state index in [2.05, 4.69) is 34.3 Å². The van der Waals surface area contributed by atoms with Gasteiger partial charge in [0.1, 0.15) is 12.4 Å². The molecule has 2 heterocycles. The highest BCUT2D eigenvalue weighted by molar-refractivity contribution is 7.93. The highest BCUT2D eigenvalue weighted by atomic mass is 32.2. The maximum atomic E-state index is 12.7. The van der Waals surface area contributed by atoms with Crippen LogP contribution in [0.4, 0.5) is 11.5 Å². The number of ether oxygens (including phenoxy) is 1. The topological polar surface area (TPSA) is 108 Å². The second-order valence-electron chi connectivity index (χ2n) is 8.29. The zero-order valence-corrected chi connectivity index (χ0v) is 20.4. The summed E-state index contributed by atoms with van der Waals surface area (Å²) in [6.07, 6.45) is 0.795. The van der Waals surface area contributed by atoms with Gasteiger partial charge in [0.15, 0.2) is 5.82 Å². The van der Waals surface area contributed by atoms with Crippen LogP contribution in [-0.4, -0.2) is 68.0 Å². The third kappa shape index (κ3) is 5.51. The van der Waals surface area contributed by atoms with Crippen LogP contribution in [0, 0.1) is 0 Å². The number of fused-ring (bicyclic) bond motifs is 1. The number of benzene rings is 2. The zero-order valence-electron chi connectivity index (χ0n) is 19.6. The Morgan fingerprint density at radius 2 is 1.94 bits per heavy atom. The zero-order chi connectivity index (χ0) is 24.1. The summed E-state index contributed by atoms with van der Waals surface area (Å²) in [5.74, 6) is 1.11. The first-order valence-corrected chi connectivity index (χ1v) is 13.2. The van der Waals surface area contributed by atoms with E-state index in [4.69, 9.17) is 4.74 Å². The van der Waals surface area contributed by atoms with E-state index in [0.717, 1.165) is 36.5 Å². The van der Waals surface area contributed by atoms with Crippen LogP contribution in [-0.2, 0) is 21.2 Å². The van der Waals surface area contributed by atoms with Crippen LogP contribution in [0.3, 0.4) is 0 Å². The number of carbonyl (C=O) groups excluding carboxylic acids is 1. The van der Waals surface area contributed by atoms with Gasteiger partial charge in [-0.15, -0.1) is 0 Å². The van der Waals surface area contributed by atoms with Gasteiger partial charge in [0.05, 0.1) is 23.4 Å². The van der Waals surface area contributed by atoms with Gasteiger partial charge >= 0.3 is 0 Å².